The van der Waals surface area contributed by atoms with Gasteiger partial charge in [-0.2, -0.15) is 0 Å². The van der Waals surface area contributed by atoms with Gasteiger partial charge in [-0.15, -0.1) is 35.3 Å². The summed E-state index contributed by atoms with van der Waals surface area (Å²) in [7, 11) is 0. The van der Waals surface area contributed by atoms with Crippen LogP contribution in [0.2, 0.25) is 0 Å². The summed E-state index contributed by atoms with van der Waals surface area (Å²) in [5, 5.41) is 7.86. The van der Waals surface area contributed by atoms with Gasteiger partial charge < -0.3 is 15.5 Å². The zero-order chi connectivity index (χ0) is 17.4. The molecule has 25 heavy (non-hydrogen) atoms. The molecular weight excluding hydrogens is 445 g/mol. The maximum absolute atomic E-state index is 4.66. The van der Waals surface area contributed by atoms with Crippen molar-refractivity contribution in [2.24, 2.45) is 10.9 Å². The first kappa shape index (κ1) is 22.6. The second kappa shape index (κ2) is 12.1. The fraction of sp³-hybridized carbons (Fsp3) is 0.778. The Hall–Kier alpha value is -0.410. The van der Waals surface area contributed by atoms with Gasteiger partial charge in [0.05, 0.1) is 12.2 Å². The highest BCUT2D eigenvalue weighted by atomic mass is 127. The first-order valence-electron chi connectivity index (χ1n) is 9.26. The van der Waals surface area contributed by atoms with Crippen LogP contribution in [0.1, 0.15) is 48.7 Å². The highest BCUT2D eigenvalue weighted by molar-refractivity contribution is 14.0. The van der Waals surface area contributed by atoms with Crippen LogP contribution >= 0.6 is 35.3 Å². The summed E-state index contributed by atoms with van der Waals surface area (Å²) in [5.74, 6) is 1.76. The number of likely N-dealkylation sites (tertiary alicyclic amines) is 1. The Morgan fingerprint density at radius 1 is 1.36 bits per heavy atom. The number of thiazole rings is 1. The Bertz CT molecular complexity index is 512. The monoisotopic (exact) mass is 479 g/mol. The molecule has 2 heterocycles. The number of aliphatic imine (C=N–C) groups is 1. The van der Waals surface area contributed by atoms with E-state index in [1.54, 1.807) is 11.3 Å². The number of nitrogens with zero attached hydrogens (tertiary/aromatic N) is 3. The third-order valence-electron chi connectivity index (χ3n) is 4.47. The second-order valence-electron chi connectivity index (χ2n) is 6.77. The summed E-state index contributed by atoms with van der Waals surface area (Å²) < 4.78 is 0. The highest BCUT2D eigenvalue weighted by Crippen LogP contribution is 2.17. The molecule has 1 unspecified atom stereocenters. The average Bonchev–Trinajstić information content (AvgIpc) is 2.87. The van der Waals surface area contributed by atoms with E-state index >= 15 is 0 Å². The van der Waals surface area contributed by atoms with E-state index in [0.29, 0.717) is 6.54 Å². The lowest BCUT2D eigenvalue weighted by Gasteiger charge is -2.30. The van der Waals surface area contributed by atoms with E-state index in [1.165, 1.54) is 37.4 Å². The van der Waals surface area contributed by atoms with Gasteiger partial charge in [-0.1, -0.05) is 6.92 Å². The first-order chi connectivity index (χ1) is 11.6. The van der Waals surface area contributed by atoms with Gasteiger partial charge in [0.15, 0.2) is 5.96 Å². The minimum atomic E-state index is 0. The Morgan fingerprint density at radius 3 is 2.80 bits per heavy atom. The van der Waals surface area contributed by atoms with Crippen LogP contribution in [-0.2, 0) is 6.54 Å². The van der Waals surface area contributed by atoms with Crippen LogP contribution in [-0.4, -0.2) is 48.6 Å². The molecule has 2 rings (SSSR count). The lowest BCUT2D eigenvalue weighted by Crippen LogP contribution is -2.40. The van der Waals surface area contributed by atoms with Crippen LogP contribution in [0.3, 0.4) is 0 Å². The number of nitrogens with one attached hydrogen (secondary N) is 2. The molecule has 1 atom stereocenters. The van der Waals surface area contributed by atoms with Gasteiger partial charge in [-0.25, -0.2) is 9.98 Å². The first-order valence-corrected chi connectivity index (χ1v) is 10.1. The number of aromatic nitrogens is 1. The Kier molecular flexibility index (Phi) is 10.9. The van der Waals surface area contributed by atoms with Crippen LogP contribution in [0.15, 0.2) is 4.99 Å². The molecule has 7 heteroatoms. The van der Waals surface area contributed by atoms with Gasteiger partial charge in [-0.05, 0) is 59.0 Å². The summed E-state index contributed by atoms with van der Waals surface area (Å²) in [4.78, 5) is 13.1. The van der Waals surface area contributed by atoms with Crippen molar-refractivity contribution in [3.8, 4) is 0 Å². The quantitative estimate of drug-likeness (QED) is 0.272. The molecule has 1 aliphatic heterocycles. The third kappa shape index (κ3) is 8.21. The Balaban J connectivity index is 0.00000312. The maximum atomic E-state index is 4.66. The van der Waals surface area contributed by atoms with Gasteiger partial charge in [0.25, 0.3) is 0 Å². The molecule has 1 aliphatic rings. The van der Waals surface area contributed by atoms with Gasteiger partial charge in [0.1, 0.15) is 5.01 Å². The van der Waals surface area contributed by atoms with Crippen molar-refractivity contribution in [2.45, 2.75) is 53.5 Å². The number of rotatable bonds is 7. The standard InChI is InChI=1S/C18H33N5S.HI/c1-5-19-18(21-12-17-22-15(3)16(4)24-17)20-9-7-11-23-10-6-8-14(2)13-23;/h14H,5-13H2,1-4H3,(H2,19,20,21);1H. The van der Waals surface area contributed by atoms with Crippen LogP contribution in [0.4, 0.5) is 0 Å². The zero-order valence-electron chi connectivity index (χ0n) is 16.1. The predicted octanol–water partition coefficient (Wildman–Crippen LogP) is 3.56. The third-order valence-corrected chi connectivity index (χ3v) is 5.53. The van der Waals surface area contributed by atoms with Gasteiger partial charge >= 0.3 is 0 Å². The molecule has 1 aromatic rings. The van der Waals surface area contributed by atoms with Gasteiger partial charge in [-0.3, -0.25) is 0 Å². The second-order valence-corrected chi connectivity index (χ2v) is 8.06. The number of guanidine groups is 1. The predicted molar refractivity (Wildman–Crippen MR) is 119 cm³/mol. The lowest BCUT2D eigenvalue weighted by atomic mass is 10.0. The van der Waals surface area contributed by atoms with Crippen molar-refractivity contribution in [1.82, 2.24) is 20.5 Å². The molecule has 0 bridgehead atoms. The molecule has 0 saturated carbocycles. The largest absolute Gasteiger partial charge is 0.357 e. The number of hydrogen-bond acceptors (Lipinski definition) is 4. The summed E-state index contributed by atoms with van der Waals surface area (Å²) >= 11 is 1.74. The summed E-state index contributed by atoms with van der Waals surface area (Å²) in [5.41, 5.74) is 1.12. The van der Waals surface area contributed by atoms with Crippen LogP contribution in [0.5, 0.6) is 0 Å². The summed E-state index contributed by atoms with van der Waals surface area (Å²) in [6.45, 7) is 14.8. The number of piperidine rings is 1. The molecule has 2 N–H and O–H groups in total. The van der Waals surface area contributed by atoms with Gasteiger partial charge in [0, 0.05) is 24.5 Å². The summed E-state index contributed by atoms with van der Waals surface area (Å²) in [6, 6.07) is 0. The topological polar surface area (TPSA) is 52.6 Å². The number of aryl methyl sites for hydroxylation is 2. The molecule has 1 fully saturated rings. The molecule has 0 radical (unpaired) electrons. The van der Waals surface area contributed by atoms with E-state index in [4.69, 9.17) is 0 Å². The minimum Gasteiger partial charge on any atom is -0.357 e. The Morgan fingerprint density at radius 2 is 2.16 bits per heavy atom. The van der Waals surface area contributed by atoms with E-state index < -0.39 is 0 Å². The fourth-order valence-corrected chi connectivity index (χ4v) is 3.95. The van der Waals surface area contributed by atoms with Crippen molar-refractivity contribution in [1.29, 1.82) is 0 Å². The van der Waals surface area contributed by atoms with Crippen LogP contribution in [0.25, 0.3) is 0 Å². The molecule has 0 spiro atoms. The molecular formula is C18H34IN5S. The van der Waals surface area contributed by atoms with Crippen molar-refractivity contribution < 1.29 is 0 Å². The van der Waals surface area contributed by atoms with E-state index in [2.05, 4.69) is 53.2 Å². The van der Waals surface area contributed by atoms with Gasteiger partial charge in [0.2, 0.25) is 0 Å². The molecule has 0 amide bonds. The SMILES string of the molecule is CCNC(=NCc1nc(C)c(C)s1)NCCCN1CCCC(C)C1.I. The minimum absolute atomic E-state index is 0. The van der Waals surface area contributed by atoms with Crippen LogP contribution in [0, 0.1) is 19.8 Å². The van der Waals surface area contributed by atoms with E-state index in [1.807, 2.05) is 0 Å². The Labute approximate surface area is 174 Å². The smallest absolute Gasteiger partial charge is 0.191 e. The van der Waals surface area contributed by atoms with Crippen molar-refractivity contribution >= 4 is 41.3 Å². The molecule has 5 nitrogen and oxygen atoms in total. The van der Waals surface area contributed by atoms with Crippen LogP contribution < -0.4 is 10.6 Å². The van der Waals surface area contributed by atoms with E-state index in [0.717, 1.165) is 42.1 Å². The summed E-state index contributed by atoms with van der Waals surface area (Å²) in [6.07, 6.45) is 3.90. The van der Waals surface area contributed by atoms with Crippen molar-refractivity contribution in [2.75, 3.05) is 32.7 Å². The van der Waals surface area contributed by atoms with E-state index in [-0.39, 0.29) is 24.0 Å². The van der Waals surface area contributed by atoms with Crippen molar-refractivity contribution in [3.63, 3.8) is 0 Å². The van der Waals surface area contributed by atoms with Crippen molar-refractivity contribution in [3.05, 3.63) is 15.6 Å². The zero-order valence-corrected chi connectivity index (χ0v) is 19.2. The normalized spacial score (nSPS) is 18.7. The molecule has 0 aliphatic carbocycles. The maximum Gasteiger partial charge on any atom is 0.191 e. The molecule has 1 saturated heterocycles. The lowest BCUT2D eigenvalue weighted by molar-refractivity contribution is 0.182. The number of halogens is 1. The molecule has 1 aromatic heterocycles. The molecule has 0 aromatic carbocycles. The molecule has 144 valence electrons. The fourth-order valence-electron chi connectivity index (χ4n) is 3.09. The highest BCUT2D eigenvalue weighted by Gasteiger charge is 2.15. The average molecular weight is 479 g/mol. The van der Waals surface area contributed by atoms with E-state index in [9.17, 15) is 0 Å². The number of hydrogen-bond donors (Lipinski definition) is 2.